The van der Waals surface area contributed by atoms with Crippen LogP contribution in [0.2, 0.25) is 0 Å². The Morgan fingerprint density at radius 2 is 2.18 bits per heavy atom. The fourth-order valence-electron chi connectivity index (χ4n) is 0.747. The topological polar surface area (TPSA) is 98.0 Å². The average Bonchev–Trinajstić information content (AvgIpc) is 1.95. The van der Waals surface area contributed by atoms with Crippen molar-refractivity contribution in [3.8, 4) is 0 Å². The molecule has 0 spiro atoms. The first-order valence-electron chi connectivity index (χ1n) is 3.21. The van der Waals surface area contributed by atoms with Crippen LogP contribution >= 0.6 is 0 Å². The lowest BCUT2D eigenvalue weighted by atomic mass is 10.2. The molecule has 0 radical (unpaired) electrons. The lowest BCUT2D eigenvalue weighted by Gasteiger charge is -2.01. The zero-order valence-corrected chi connectivity index (χ0v) is 5.99. The minimum Gasteiger partial charge on any atom is -0.396 e. The van der Waals surface area contributed by atoms with Crippen LogP contribution in [-0.4, -0.2) is 21.7 Å². The fraction of sp³-hybridized carbons (Fsp3) is 0.333. The van der Waals surface area contributed by atoms with Crippen LogP contribution in [-0.2, 0) is 6.42 Å². The molecular formula is C6H10N4O. The zero-order valence-electron chi connectivity index (χ0n) is 5.99. The van der Waals surface area contributed by atoms with Gasteiger partial charge in [-0.2, -0.15) is 4.98 Å². The summed E-state index contributed by atoms with van der Waals surface area (Å²) in [5, 5.41) is 8.57. The molecule has 5 N–H and O–H groups in total. The summed E-state index contributed by atoms with van der Waals surface area (Å²) >= 11 is 0. The molecule has 1 aromatic rings. The highest BCUT2D eigenvalue weighted by Crippen LogP contribution is 2.07. The summed E-state index contributed by atoms with van der Waals surface area (Å²) < 4.78 is 0. The number of hydrogen-bond donors (Lipinski definition) is 3. The molecule has 0 atom stereocenters. The van der Waals surface area contributed by atoms with Gasteiger partial charge in [-0.15, -0.1) is 0 Å². The van der Waals surface area contributed by atoms with Crippen molar-refractivity contribution in [2.45, 2.75) is 6.42 Å². The molecule has 1 rings (SSSR count). The predicted octanol–water partition coefficient (Wildman–Crippen LogP) is -0.824. The van der Waals surface area contributed by atoms with E-state index in [9.17, 15) is 0 Å². The van der Waals surface area contributed by atoms with Crippen molar-refractivity contribution in [2.75, 3.05) is 18.1 Å². The first kappa shape index (κ1) is 7.74. The van der Waals surface area contributed by atoms with Crippen molar-refractivity contribution < 1.29 is 5.11 Å². The summed E-state index contributed by atoms with van der Waals surface area (Å²) in [6.07, 6.45) is 1.99. The monoisotopic (exact) mass is 154 g/mol. The number of rotatable bonds is 2. The van der Waals surface area contributed by atoms with Gasteiger partial charge < -0.3 is 16.6 Å². The molecule has 0 aliphatic rings. The third-order valence-corrected chi connectivity index (χ3v) is 1.30. The van der Waals surface area contributed by atoms with Crippen molar-refractivity contribution in [1.82, 2.24) is 9.97 Å². The molecule has 0 amide bonds. The van der Waals surface area contributed by atoms with Gasteiger partial charge in [0.15, 0.2) is 0 Å². The maximum absolute atomic E-state index is 8.57. The van der Waals surface area contributed by atoms with Crippen LogP contribution in [0.15, 0.2) is 6.20 Å². The molecule has 0 aliphatic heterocycles. The number of nitrogens with two attached hydrogens (primary N) is 2. The Hall–Kier alpha value is -1.36. The van der Waals surface area contributed by atoms with Gasteiger partial charge in [0.2, 0.25) is 5.95 Å². The molecule has 11 heavy (non-hydrogen) atoms. The minimum atomic E-state index is 0.0392. The van der Waals surface area contributed by atoms with Crippen LogP contribution < -0.4 is 11.5 Å². The van der Waals surface area contributed by atoms with Gasteiger partial charge in [0, 0.05) is 24.8 Å². The molecule has 1 aromatic heterocycles. The lowest BCUT2D eigenvalue weighted by molar-refractivity contribution is 0.299. The van der Waals surface area contributed by atoms with Gasteiger partial charge in [-0.25, -0.2) is 4.98 Å². The van der Waals surface area contributed by atoms with E-state index in [1.54, 1.807) is 0 Å². The maximum atomic E-state index is 8.57. The quantitative estimate of drug-likeness (QED) is 0.516. The molecule has 0 aromatic carbocycles. The van der Waals surface area contributed by atoms with E-state index in [2.05, 4.69) is 9.97 Å². The summed E-state index contributed by atoms with van der Waals surface area (Å²) in [4.78, 5) is 7.46. The molecule has 0 saturated heterocycles. The Labute approximate surface area is 64.1 Å². The summed E-state index contributed by atoms with van der Waals surface area (Å²) in [6.45, 7) is 0.0392. The molecule has 0 saturated carbocycles. The van der Waals surface area contributed by atoms with Gasteiger partial charge in [0.25, 0.3) is 0 Å². The van der Waals surface area contributed by atoms with Gasteiger partial charge in [0.1, 0.15) is 5.82 Å². The second kappa shape index (κ2) is 3.16. The number of aliphatic hydroxyl groups excluding tert-OH is 1. The summed E-state index contributed by atoms with van der Waals surface area (Å²) in [5.41, 5.74) is 11.4. The Bertz CT molecular complexity index is 250. The molecule has 0 unspecified atom stereocenters. The number of hydrogen-bond acceptors (Lipinski definition) is 5. The number of aromatic nitrogens is 2. The smallest absolute Gasteiger partial charge is 0.221 e. The third kappa shape index (κ3) is 1.78. The van der Waals surface area contributed by atoms with Gasteiger partial charge in [-0.05, 0) is 0 Å². The Morgan fingerprint density at radius 1 is 1.45 bits per heavy atom. The van der Waals surface area contributed by atoms with E-state index < -0.39 is 0 Å². The first-order valence-corrected chi connectivity index (χ1v) is 3.21. The van der Waals surface area contributed by atoms with Gasteiger partial charge in [-0.3, -0.25) is 0 Å². The van der Waals surface area contributed by atoms with Gasteiger partial charge in [0.05, 0.1) is 0 Å². The van der Waals surface area contributed by atoms with Crippen LogP contribution in [0, 0.1) is 0 Å². The van der Waals surface area contributed by atoms with Gasteiger partial charge in [-0.1, -0.05) is 0 Å². The number of aliphatic hydroxyl groups is 1. The van der Waals surface area contributed by atoms with Gasteiger partial charge >= 0.3 is 0 Å². The Balaban J connectivity index is 2.90. The van der Waals surface area contributed by atoms with Crippen molar-refractivity contribution in [3.63, 3.8) is 0 Å². The molecule has 60 valence electrons. The van der Waals surface area contributed by atoms with Crippen molar-refractivity contribution in [3.05, 3.63) is 11.8 Å². The van der Waals surface area contributed by atoms with Crippen molar-refractivity contribution in [1.29, 1.82) is 0 Å². The third-order valence-electron chi connectivity index (χ3n) is 1.30. The van der Waals surface area contributed by atoms with E-state index in [1.807, 2.05) is 0 Å². The molecule has 5 nitrogen and oxygen atoms in total. The van der Waals surface area contributed by atoms with Crippen molar-refractivity contribution >= 4 is 11.8 Å². The van der Waals surface area contributed by atoms with Crippen LogP contribution in [0.25, 0.3) is 0 Å². The SMILES string of the molecule is Nc1ncc(CCO)c(N)n1. The number of nitrogen functional groups attached to an aromatic ring is 2. The van der Waals surface area contributed by atoms with E-state index in [0.29, 0.717) is 12.2 Å². The molecule has 0 fully saturated rings. The predicted molar refractivity (Wildman–Crippen MR) is 41.6 cm³/mol. The molecular weight excluding hydrogens is 144 g/mol. The number of anilines is 2. The van der Waals surface area contributed by atoms with E-state index in [1.165, 1.54) is 6.20 Å². The highest BCUT2D eigenvalue weighted by Gasteiger charge is 1.99. The Morgan fingerprint density at radius 3 is 2.73 bits per heavy atom. The van der Waals surface area contributed by atoms with Crippen LogP contribution in [0.4, 0.5) is 11.8 Å². The largest absolute Gasteiger partial charge is 0.396 e. The van der Waals surface area contributed by atoms with E-state index in [0.717, 1.165) is 5.56 Å². The molecule has 0 aliphatic carbocycles. The Kier molecular flexibility index (Phi) is 2.22. The second-order valence-electron chi connectivity index (χ2n) is 2.11. The van der Waals surface area contributed by atoms with E-state index in [4.69, 9.17) is 16.6 Å². The maximum Gasteiger partial charge on any atom is 0.221 e. The van der Waals surface area contributed by atoms with E-state index in [-0.39, 0.29) is 12.6 Å². The summed E-state index contributed by atoms with van der Waals surface area (Å²) in [5.74, 6) is 0.496. The highest BCUT2D eigenvalue weighted by atomic mass is 16.2. The lowest BCUT2D eigenvalue weighted by Crippen LogP contribution is -2.04. The summed E-state index contributed by atoms with van der Waals surface area (Å²) in [7, 11) is 0. The van der Waals surface area contributed by atoms with E-state index >= 15 is 0 Å². The highest BCUT2D eigenvalue weighted by molar-refractivity contribution is 5.41. The summed E-state index contributed by atoms with van der Waals surface area (Å²) in [6, 6.07) is 0. The van der Waals surface area contributed by atoms with Crippen LogP contribution in [0.5, 0.6) is 0 Å². The second-order valence-corrected chi connectivity index (χ2v) is 2.11. The normalized spacial score (nSPS) is 9.91. The molecule has 0 bridgehead atoms. The molecule has 5 heteroatoms. The van der Waals surface area contributed by atoms with Crippen molar-refractivity contribution in [2.24, 2.45) is 0 Å². The van der Waals surface area contributed by atoms with Crippen LogP contribution in [0.1, 0.15) is 5.56 Å². The zero-order chi connectivity index (χ0) is 8.27. The average molecular weight is 154 g/mol. The fourth-order valence-corrected chi connectivity index (χ4v) is 0.747. The standard InChI is InChI=1S/C6H10N4O/c7-5-4(1-2-11)3-9-6(8)10-5/h3,11H,1-2H2,(H4,7,8,9,10). The molecule has 1 heterocycles. The minimum absolute atomic E-state index is 0.0392. The number of nitrogens with zero attached hydrogens (tertiary/aromatic N) is 2. The van der Waals surface area contributed by atoms with Crippen LogP contribution in [0.3, 0.4) is 0 Å². The first-order chi connectivity index (χ1) is 5.24.